The van der Waals surface area contributed by atoms with Crippen LogP contribution in [0.15, 0.2) is 39.9 Å². The number of nitriles is 1. The highest BCUT2D eigenvalue weighted by molar-refractivity contribution is 5.51. The minimum Gasteiger partial charge on any atom is -0.494 e. The molecule has 1 N–H and O–H groups in total. The number of nitrogens with zero attached hydrogens (tertiary/aromatic N) is 3. The van der Waals surface area contributed by atoms with Gasteiger partial charge in [-0.15, -0.1) is 0 Å². The fraction of sp³-hybridized carbons (Fsp3) is 0.312. The predicted molar refractivity (Wildman–Crippen MR) is 86.7 cm³/mol. The van der Waals surface area contributed by atoms with Gasteiger partial charge in [0.1, 0.15) is 17.6 Å². The van der Waals surface area contributed by atoms with Crippen molar-refractivity contribution >= 4 is 5.82 Å². The maximum absolute atomic E-state index is 11.9. The van der Waals surface area contributed by atoms with E-state index in [4.69, 9.17) is 10.00 Å². The first-order valence-corrected chi connectivity index (χ1v) is 7.18. The van der Waals surface area contributed by atoms with Crippen molar-refractivity contribution in [1.82, 2.24) is 9.13 Å². The summed E-state index contributed by atoms with van der Waals surface area (Å²) in [5, 5.41) is 12.1. The van der Waals surface area contributed by atoms with Crippen molar-refractivity contribution in [3.05, 3.63) is 56.7 Å². The van der Waals surface area contributed by atoms with E-state index < -0.39 is 11.2 Å². The van der Waals surface area contributed by atoms with Crippen molar-refractivity contribution in [2.75, 3.05) is 18.5 Å². The van der Waals surface area contributed by atoms with E-state index >= 15 is 0 Å². The van der Waals surface area contributed by atoms with Gasteiger partial charge in [0, 0.05) is 20.6 Å². The van der Waals surface area contributed by atoms with Crippen LogP contribution >= 0.6 is 0 Å². The third kappa shape index (κ3) is 3.61. The monoisotopic (exact) mass is 314 g/mol. The molecule has 0 fully saturated rings. The molecule has 1 heterocycles. The highest BCUT2D eigenvalue weighted by atomic mass is 16.5. The molecule has 0 saturated carbocycles. The van der Waals surface area contributed by atoms with Gasteiger partial charge in [-0.3, -0.25) is 13.9 Å². The van der Waals surface area contributed by atoms with Gasteiger partial charge in [0.2, 0.25) is 0 Å². The molecule has 0 unspecified atom stereocenters. The van der Waals surface area contributed by atoms with Crippen molar-refractivity contribution in [1.29, 1.82) is 5.26 Å². The zero-order valence-electron chi connectivity index (χ0n) is 13.1. The Hall–Kier alpha value is -3.01. The Kier molecular flexibility index (Phi) is 5.20. The van der Waals surface area contributed by atoms with E-state index in [1.165, 1.54) is 18.7 Å². The van der Waals surface area contributed by atoms with E-state index in [0.29, 0.717) is 19.6 Å². The highest BCUT2D eigenvalue weighted by Gasteiger charge is 2.14. The number of hydrogen-bond acceptors (Lipinski definition) is 5. The van der Waals surface area contributed by atoms with Gasteiger partial charge in [0.15, 0.2) is 5.56 Å². The van der Waals surface area contributed by atoms with Crippen LogP contribution in [0.25, 0.3) is 0 Å². The van der Waals surface area contributed by atoms with Crippen molar-refractivity contribution in [3.8, 4) is 11.8 Å². The normalized spacial score (nSPS) is 10.1. The van der Waals surface area contributed by atoms with Crippen LogP contribution in [0, 0.1) is 11.3 Å². The van der Waals surface area contributed by atoms with E-state index in [1.807, 2.05) is 36.4 Å². The maximum atomic E-state index is 11.9. The van der Waals surface area contributed by atoms with Crippen LogP contribution in [-0.4, -0.2) is 22.3 Å². The topological polar surface area (TPSA) is 89.1 Å². The molecule has 0 bridgehead atoms. The molecule has 0 aliphatic rings. The third-order valence-electron chi connectivity index (χ3n) is 3.40. The van der Waals surface area contributed by atoms with Gasteiger partial charge in [-0.2, -0.15) is 5.26 Å². The van der Waals surface area contributed by atoms with Gasteiger partial charge >= 0.3 is 5.69 Å². The lowest BCUT2D eigenvalue weighted by atomic mass is 10.3. The smallest absolute Gasteiger partial charge is 0.332 e. The van der Waals surface area contributed by atoms with Crippen LogP contribution in [0.2, 0.25) is 0 Å². The predicted octanol–water partition coefficient (Wildman–Crippen LogP) is 0.837. The molecule has 2 rings (SSSR count). The summed E-state index contributed by atoms with van der Waals surface area (Å²) < 4.78 is 7.74. The lowest BCUT2D eigenvalue weighted by Gasteiger charge is -2.13. The SMILES string of the molecule is Cn1c(NCCCOc2ccccc2)c(C#N)c(=O)n(C)c1=O. The minimum atomic E-state index is -0.598. The van der Waals surface area contributed by atoms with Crippen LogP contribution in [0.1, 0.15) is 12.0 Å². The van der Waals surface area contributed by atoms with Gasteiger partial charge in [0.25, 0.3) is 5.56 Å². The summed E-state index contributed by atoms with van der Waals surface area (Å²) in [6, 6.07) is 11.3. The molecule has 23 heavy (non-hydrogen) atoms. The first kappa shape index (κ1) is 16.4. The van der Waals surface area contributed by atoms with E-state index in [-0.39, 0.29) is 11.4 Å². The molecular formula is C16H18N4O3. The molecular weight excluding hydrogens is 296 g/mol. The summed E-state index contributed by atoms with van der Waals surface area (Å²) in [6.45, 7) is 0.958. The second kappa shape index (κ2) is 7.31. The molecule has 0 spiro atoms. The van der Waals surface area contributed by atoms with E-state index in [2.05, 4.69) is 5.32 Å². The van der Waals surface area contributed by atoms with Crippen molar-refractivity contribution in [2.45, 2.75) is 6.42 Å². The molecule has 0 atom stereocenters. The molecule has 7 nitrogen and oxygen atoms in total. The number of para-hydroxylation sites is 1. The fourth-order valence-corrected chi connectivity index (χ4v) is 2.14. The summed E-state index contributed by atoms with van der Waals surface area (Å²) in [7, 11) is 2.87. The van der Waals surface area contributed by atoms with Crippen LogP contribution in [0.3, 0.4) is 0 Å². The number of nitrogens with one attached hydrogen (secondary N) is 1. The van der Waals surface area contributed by atoms with Crippen molar-refractivity contribution < 1.29 is 4.74 Å². The van der Waals surface area contributed by atoms with Crippen LogP contribution in [0.4, 0.5) is 5.82 Å². The average Bonchev–Trinajstić information content (AvgIpc) is 2.58. The molecule has 0 radical (unpaired) electrons. The summed E-state index contributed by atoms with van der Waals surface area (Å²) in [4.78, 5) is 23.8. The maximum Gasteiger partial charge on any atom is 0.332 e. The van der Waals surface area contributed by atoms with E-state index in [0.717, 1.165) is 10.3 Å². The van der Waals surface area contributed by atoms with Crippen molar-refractivity contribution in [2.24, 2.45) is 14.1 Å². The Morgan fingerprint density at radius 2 is 1.87 bits per heavy atom. The molecule has 0 amide bonds. The van der Waals surface area contributed by atoms with E-state index in [1.54, 1.807) is 0 Å². The van der Waals surface area contributed by atoms with Crippen LogP contribution in [-0.2, 0) is 14.1 Å². The number of hydrogen-bond donors (Lipinski definition) is 1. The van der Waals surface area contributed by atoms with Gasteiger partial charge in [-0.05, 0) is 18.6 Å². The number of rotatable bonds is 6. The zero-order valence-corrected chi connectivity index (χ0v) is 13.1. The Morgan fingerprint density at radius 3 is 2.52 bits per heavy atom. The standard InChI is InChI=1S/C16H18N4O3/c1-19-14(13(11-17)15(21)20(2)16(19)22)18-9-6-10-23-12-7-4-3-5-8-12/h3-5,7-8,18H,6,9-10H2,1-2H3. The fourth-order valence-electron chi connectivity index (χ4n) is 2.14. The van der Waals surface area contributed by atoms with Gasteiger partial charge in [0.05, 0.1) is 6.61 Å². The molecule has 2 aromatic rings. The Balaban J connectivity index is 2.00. The first-order valence-electron chi connectivity index (χ1n) is 7.18. The van der Waals surface area contributed by atoms with Crippen LogP contribution < -0.4 is 21.3 Å². The quantitative estimate of drug-likeness (QED) is 0.798. The second-order valence-corrected chi connectivity index (χ2v) is 4.98. The zero-order chi connectivity index (χ0) is 16.8. The molecule has 120 valence electrons. The van der Waals surface area contributed by atoms with Crippen LogP contribution in [0.5, 0.6) is 5.75 Å². The third-order valence-corrected chi connectivity index (χ3v) is 3.40. The Labute approximate surface area is 133 Å². The average molecular weight is 314 g/mol. The summed E-state index contributed by atoms with van der Waals surface area (Å²) in [5.41, 5.74) is -1.14. The van der Waals surface area contributed by atoms with E-state index in [9.17, 15) is 9.59 Å². The molecule has 0 aliphatic heterocycles. The second-order valence-electron chi connectivity index (χ2n) is 4.98. The number of aromatic nitrogens is 2. The Morgan fingerprint density at radius 1 is 1.17 bits per heavy atom. The first-order chi connectivity index (χ1) is 11.1. The molecule has 0 saturated heterocycles. The van der Waals surface area contributed by atoms with Gasteiger partial charge < -0.3 is 10.1 Å². The lowest BCUT2D eigenvalue weighted by molar-refractivity contribution is 0.315. The van der Waals surface area contributed by atoms with Crippen molar-refractivity contribution in [3.63, 3.8) is 0 Å². The Bertz CT molecular complexity index is 831. The number of benzene rings is 1. The minimum absolute atomic E-state index is 0.0708. The summed E-state index contributed by atoms with van der Waals surface area (Å²) >= 11 is 0. The highest BCUT2D eigenvalue weighted by Crippen LogP contribution is 2.09. The van der Waals surface area contributed by atoms with Gasteiger partial charge in [-0.1, -0.05) is 18.2 Å². The molecule has 1 aromatic heterocycles. The van der Waals surface area contributed by atoms with Gasteiger partial charge in [-0.25, -0.2) is 4.79 Å². The molecule has 1 aromatic carbocycles. The lowest BCUT2D eigenvalue weighted by Crippen LogP contribution is -2.40. The number of anilines is 1. The summed E-state index contributed by atoms with van der Waals surface area (Å²) in [5.74, 6) is 1.02. The molecule has 0 aliphatic carbocycles. The largest absolute Gasteiger partial charge is 0.494 e. The summed E-state index contributed by atoms with van der Waals surface area (Å²) in [6.07, 6.45) is 0.656. The molecule has 7 heteroatoms. The number of ether oxygens (including phenoxy) is 1.